The maximum atomic E-state index is 12.1. The van der Waals surface area contributed by atoms with Crippen LogP contribution in [0.4, 0.5) is 4.79 Å². The van der Waals surface area contributed by atoms with Gasteiger partial charge in [-0.05, 0) is 42.3 Å². The van der Waals surface area contributed by atoms with Crippen molar-refractivity contribution in [1.29, 1.82) is 0 Å². The van der Waals surface area contributed by atoms with Crippen LogP contribution in [0.1, 0.15) is 24.1 Å². The summed E-state index contributed by atoms with van der Waals surface area (Å²) in [5.74, 6) is 2.25. The smallest absolute Gasteiger partial charge is 0.315 e. The van der Waals surface area contributed by atoms with Gasteiger partial charge in [0.25, 0.3) is 0 Å². The summed E-state index contributed by atoms with van der Waals surface area (Å²) in [4.78, 5) is 12.1. The standard InChI is InChI=1S/C19H22N2O4/c1-13(15-5-8-17-18(11-15)25-10-9-24-17)21-19(22)20-12-14-3-6-16(23-2)7-4-14/h3-8,11,13H,9-10,12H2,1-2H3,(H2,20,21,22). The van der Waals surface area contributed by atoms with Crippen molar-refractivity contribution in [2.45, 2.75) is 19.5 Å². The Kier molecular flexibility index (Phi) is 5.28. The molecule has 3 rings (SSSR count). The molecule has 0 fully saturated rings. The number of fused-ring (bicyclic) bond motifs is 1. The first-order chi connectivity index (χ1) is 12.2. The molecule has 1 atom stereocenters. The van der Waals surface area contributed by atoms with Crippen molar-refractivity contribution in [2.24, 2.45) is 0 Å². The van der Waals surface area contributed by atoms with Gasteiger partial charge in [0.05, 0.1) is 13.2 Å². The van der Waals surface area contributed by atoms with Crippen molar-refractivity contribution >= 4 is 6.03 Å². The Morgan fingerprint density at radius 2 is 1.84 bits per heavy atom. The number of urea groups is 1. The largest absolute Gasteiger partial charge is 0.497 e. The zero-order valence-electron chi connectivity index (χ0n) is 14.4. The van der Waals surface area contributed by atoms with Crippen LogP contribution in [0.5, 0.6) is 17.2 Å². The number of amides is 2. The number of nitrogens with one attached hydrogen (secondary N) is 2. The van der Waals surface area contributed by atoms with Gasteiger partial charge in [0.15, 0.2) is 11.5 Å². The summed E-state index contributed by atoms with van der Waals surface area (Å²) in [5, 5.41) is 5.78. The summed E-state index contributed by atoms with van der Waals surface area (Å²) in [6.07, 6.45) is 0. The van der Waals surface area contributed by atoms with E-state index in [0.717, 1.165) is 28.4 Å². The van der Waals surface area contributed by atoms with Gasteiger partial charge in [-0.2, -0.15) is 0 Å². The molecule has 25 heavy (non-hydrogen) atoms. The molecular weight excluding hydrogens is 320 g/mol. The average Bonchev–Trinajstić information content (AvgIpc) is 2.66. The lowest BCUT2D eigenvalue weighted by Gasteiger charge is -2.21. The van der Waals surface area contributed by atoms with Gasteiger partial charge in [-0.25, -0.2) is 4.79 Å². The van der Waals surface area contributed by atoms with Gasteiger partial charge in [-0.3, -0.25) is 0 Å². The minimum Gasteiger partial charge on any atom is -0.497 e. The monoisotopic (exact) mass is 342 g/mol. The van der Waals surface area contributed by atoms with Gasteiger partial charge in [-0.15, -0.1) is 0 Å². The third kappa shape index (κ3) is 4.35. The van der Waals surface area contributed by atoms with Gasteiger partial charge in [0.2, 0.25) is 0 Å². The second-order valence-electron chi connectivity index (χ2n) is 5.80. The molecule has 2 aromatic rings. The topological polar surface area (TPSA) is 68.8 Å². The van der Waals surface area contributed by atoms with E-state index in [4.69, 9.17) is 14.2 Å². The second-order valence-corrected chi connectivity index (χ2v) is 5.80. The number of ether oxygens (including phenoxy) is 3. The van der Waals surface area contributed by atoms with Crippen molar-refractivity contribution in [3.05, 3.63) is 53.6 Å². The molecule has 1 aliphatic heterocycles. The predicted octanol–water partition coefficient (Wildman–Crippen LogP) is 3.03. The normalized spacial score (nSPS) is 13.7. The van der Waals surface area contributed by atoms with Crippen molar-refractivity contribution in [3.8, 4) is 17.2 Å². The molecule has 2 N–H and O–H groups in total. The molecule has 0 spiro atoms. The molecule has 0 radical (unpaired) electrons. The van der Waals surface area contributed by atoms with Crippen molar-refractivity contribution in [2.75, 3.05) is 20.3 Å². The highest BCUT2D eigenvalue weighted by Crippen LogP contribution is 2.32. The molecule has 0 saturated heterocycles. The molecule has 132 valence electrons. The minimum absolute atomic E-state index is 0.147. The molecule has 0 bridgehead atoms. The van der Waals surface area contributed by atoms with E-state index in [9.17, 15) is 4.79 Å². The van der Waals surface area contributed by atoms with E-state index in [0.29, 0.717) is 19.8 Å². The van der Waals surface area contributed by atoms with E-state index in [1.807, 2.05) is 49.4 Å². The van der Waals surface area contributed by atoms with Gasteiger partial charge in [0.1, 0.15) is 19.0 Å². The molecule has 1 aliphatic rings. The van der Waals surface area contributed by atoms with E-state index < -0.39 is 0 Å². The van der Waals surface area contributed by atoms with Gasteiger partial charge in [0, 0.05) is 6.54 Å². The molecular formula is C19H22N2O4. The van der Waals surface area contributed by atoms with Crippen molar-refractivity contribution in [3.63, 3.8) is 0 Å². The fourth-order valence-electron chi connectivity index (χ4n) is 2.59. The summed E-state index contributed by atoms with van der Waals surface area (Å²) < 4.78 is 16.2. The third-order valence-electron chi connectivity index (χ3n) is 4.03. The van der Waals surface area contributed by atoms with Crippen molar-refractivity contribution in [1.82, 2.24) is 10.6 Å². The van der Waals surface area contributed by atoms with Gasteiger partial charge < -0.3 is 24.8 Å². The van der Waals surface area contributed by atoms with Crippen LogP contribution in [0.3, 0.4) is 0 Å². The van der Waals surface area contributed by atoms with Crippen LogP contribution in [0.15, 0.2) is 42.5 Å². The average molecular weight is 342 g/mol. The van der Waals surface area contributed by atoms with Gasteiger partial charge >= 0.3 is 6.03 Å². The Morgan fingerprint density at radius 1 is 1.12 bits per heavy atom. The third-order valence-corrected chi connectivity index (χ3v) is 4.03. The summed E-state index contributed by atoms with van der Waals surface area (Å²) in [5.41, 5.74) is 1.96. The number of carbonyl (C=O) groups excluding carboxylic acids is 1. The Morgan fingerprint density at radius 3 is 2.56 bits per heavy atom. The van der Waals surface area contributed by atoms with Gasteiger partial charge in [-0.1, -0.05) is 18.2 Å². The fourth-order valence-corrected chi connectivity index (χ4v) is 2.59. The lowest BCUT2D eigenvalue weighted by molar-refractivity contribution is 0.171. The number of rotatable bonds is 5. The summed E-state index contributed by atoms with van der Waals surface area (Å²) >= 11 is 0. The lowest BCUT2D eigenvalue weighted by atomic mass is 10.1. The first-order valence-corrected chi connectivity index (χ1v) is 8.22. The van der Waals surface area contributed by atoms with Crippen LogP contribution < -0.4 is 24.8 Å². The van der Waals surface area contributed by atoms with Crippen LogP contribution in [0.2, 0.25) is 0 Å². The highest BCUT2D eigenvalue weighted by molar-refractivity contribution is 5.74. The first-order valence-electron chi connectivity index (χ1n) is 8.22. The van der Waals surface area contributed by atoms with E-state index in [1.54, 1.807) is 7.11 Å². The highest BCUT2D eigenvalue weighted by atomic mass is 16.6. The lowest BCUT2D eigenvalue weighted by Crippen LogP contribution is -2.36. The summed E-state index contributed by atoms with van der Waals surface area (Å²) in [7, 11) is 1.62. The number of benzene rings is 2. The first kappa shape index (κ1) is 17.0. The second kappa shape index (κ2) is 7.79. The molecule has 1 heterocycles. The van der Waals surface area contributed by atoms with Crippen LogP contribution >= 0.6 is 0 Å². The molecule has 6 nitrogen and oxygen atoms in total. The molecule has 1 unspecified atom stereocenters. The Bertz CT molecular complexity index is 731. The number of methoxy groups -OCH3 is 1. The quantitative estimate of drug-likeness (QED) is 0.876. The van der Waals surface area contributed by atoms with Crippen molar-refractivity contribution < 1.29 is 19.0 Å². The number of carbonyl (C=O) groups is 1. The maximum Gasteiger partial charge on any atom is 0.315 e. The van der Waals surface area contributed by atoms with E-state index >= 15 is 0 Å². The Labute approximate surface area is 147 Å². The van der Waals surface area contributed by atoms with Crippen LogP contribution in [0, 0.1) is 0 Å². The minimum atomic E-state index is -0.224. The molecule has 0 saturated carbocycles. The summed E-state index contributed by atoms with van der Waals surface area (Å²) in [6, 6.07) is 12.9. The zero-order chi connectivity index (χ0) is 17.6. The van der Waals surface area contributed by atoms with E-state index in [2.05, 4.69) is 10.6 Å². The number of hydrogen-bond acceptors (Lipinski definition) is 4. The fraction of sp³-hybridized carbons (Fsp3) is 0.316. The Balaban J connectivity index is 1.53. The predicted molar refractivity (Wildman–Crippen MR) is 94.2 cm³/mol. The van der Waals surface area contributed by atoms with Crippen LogP contribution in [-0.4, -0.2) is 26.4 Å². The molecule has 0 aromatic heterocycles. The van der Waals surface area contributed by atoms with E-state index in [-0.39, 0.29) is 12.1 Å². The van der Waals surface area contributed by atoms with Crippen LogP contribution in [-0.2, 0) is 6.54 Å². The highest BCUT2D eigenvalue weighted by Gasteiger charge is 2.15. The SMILES string of the molecule is COc1ccc(CNC(=O)NC(C)c2ccc3c(c2)OCCO3)cc1. The summed E-state index contributed by atoms with van der Waals surface area (Å²) in [6.45, 7) is 3.48. The maximum absolute atomic E-state index is 12.1. The van der Waals surface area contributed by atoms with E-state index in [1.165, 1.54) is 0 Å². The molecule has 2 aromatic carbocycles. The zero-order valence-corrected chi connectivity index (χ0v) is 14.4. The van der Waals surface area contributed by atoms with Crippen LogP contribution in [0.25, 0.3) is 0 Å². The number of hydrogen-bond donors (Lipinski definition) is 2. The Hall–Kier alpha value is -2.89. The molecule has 6 heteroatoms. The molecule has 2 amide bonds. The molecule has 0 aliphatic carbocycles.